The Hall–Kier alpha value is -1.89. The number of sulfonamides is 1. The molecular formula is C18H21ClN2O3S. The van der Waals surface area contributed by atoms with E-state index < -0.39 is 16.1 Å². The molecular weight excluding hydrogens is 360 g/mol. The summed E-state index contributed by atoms with van der Waals surface area (Å²) in [6.45, 7) is 4.72. The lowest BCUT2D eigenvalue weighted by atomic mass is 10.1. The summed E-state index contributed by atoms with van der Waals surface area (Å²) in [6.07, 6.45) is 0. The lowest BCUT2D eigenvalue weighted by molar-refractivity contribution is -0.132. The van der Waals surface area contributed by atoms with Gasteiger partial charge in [0, 0.05) is 18.1 Å². The van der Waals surface area contributed by atoms with Crippen LogP contribution in [0.2, 0.25) is 5.02 Å². The smallest absolute Gasteiger partial charge is 0.245 e. The van der Waals surface area contributed by atoms with E-state index >= 15 is 0 Å². The van der Waals surface area contributed by atoms with Gasteiger partial charge in [-0.2, -0.15) is 4.72 Å². The molecule has 0 heterocycles. The van der Waals surface area contributed by atoms with Crippen molar-refractivity contribution in [1.82, 2.24) is 9.62 Å². The molecule has 0 aliphatic rings. The Morgan fingerprint density at radius 2 is 1.60 bits per heavy atom. The number of benzene rings is 2. The minimum Gasteiger partial charge on any atom is -0.342 e. The lowest BCUT2D eigenvalue weighted by Crippen LogP contribution is -2.42. The van der Waals surface area contributed by atoms with Gasteiger partial charge in [0.05, 0.1) is 4.90 Å². The van der Waals surface area contributed by atoms with Crippen molar-refractivity contribution in [2.24, 2.45) is 0 Å². The summed E-state index contributed by atoms with van der Waals surface area (Å²) in [4.78, 5) is 14.5. The summed E-state index contributed by atoms with van der Waals surface area (Å²) in [5, 5.41) is 0.442. The van der Waals surface area contributed by atoms with Crippen LogP contribution in [0, 0.1) is 0 Å². The molecule has 0 aliphatic heterocycles. The van der Waals surface area contributed by atoms with Crippen LogP contribution in [0.1, 0.15) is 25.5 Å². The van der Waals surface area contributed by atoms with Crippen molar-refractivity contribution in [3.05, 3.63) is 65.2 Å². The van der Waals surface area contributed by atoms with E-state index in [0.29, 0.717) is 23.7 Å². The molecule has 2 rings (SSSR count). The molecule has 0 radical (unpaired) electrons. The normalized spacial score (nSPS) is 12.6. The van der Waals surface area contributed by atoms with E-state index in [4.69, 9.17) is 11.6 Å². The van der Waals surface area contributed by atoms with E-state index in [0.717, 1.165) is 0 Å². The number of amides is 1. The predicted molar refractivity (Wildman–Crippen MR) is 98.9 cm³/mol. The van der Waals surface area contributed by atoms with Crippen LogP contribution >= 0.6 is 11.6 Å². The van der Waals surface area contributed by atoms with Gasteiger partial charge in [-0.25, -0.2) is 8.42 Å². The van der Waals surface area contributed by atoms with Crippen molar-refractivity contribution in [1.29, 1.82) is 0 Å². The molecule has 0 fully saturated rings. The van der Waals surface area contributed by atoms with Gasteiger partial charge in [-0.3, -0.25) is 4.79 Å². The molecule has 134 valence electrons. The second kappa shape index (κ2) is 8.47. The van der Waals surface area contributed by atoms with Gasteiger partial charge in [0.2, 0.25) is 15.9 Å². The number of carbonyl (C=O) groups excluding carboxylic acids is 1. The molecule has 2 aromatic rings. The van der Waals surface area contributed by atoms with Crippen molar-refractivity contribution < 1.29 is 13.2 Å². The first-order valence-electron chi connectivity index (χ1n) is 8.00. The van der Waals surface area contributed by atoms with E-state index in [1.807, 2.05) is 19.9 Å². The fourth-order valence-corrected chi connectivity index (χ4v) is 3.76. The van der Waals surface area contributed by atoms with E-state index in [1.165, 1.54) is 24.3 Å². The number of hydrogen-bond acceptors (Lipinski definition) is 3. The first-order valence-corrected chi connectivity index (χ1v) is 9.86. The molecule has 5 nitrogen and oxygen atoms in total. The van der Waals surface area contributed by atoms with Crippen LogP contribution in [-0.2, 0) is 14.8 Å². The zero-order valence-electron chi connectivity index (χ0n) is 14.1. The van der Waals surface area contributed by atoms with Crippen LogP contribution in [0.5, 0.6) is 0 Å². The Kier molecular flexibility index (Phi) is 6.58. The molecule has 1 amide bonds. The van der Waals surface area contributed by atoms with Gasteiger partial charge in [0.25, 0.3) is 0 Å². The molecule has 25 heavy (non-hydrogen) atoms. The molecule has 1 N–H and O–H groups in total. The Balaban J connectivity index is 2.39. The molecule has 2 aromatic carbocycles. The number of rotatable bonds is 7. The highest BCUT2D eigenvalue weighted by atomic mass is 35.5. The summed E-state index contributed by atoms with van der Waals surface area (Å²) in [5.41, 5.74) is 0.594. The van der Waals surface area contributed by atoms with E-state index in [1.54, 1.807) is 29.2 Å². The van der Waals surface area contributed by atoms with Crippen molar-refractivity contribution in [2.75, 3.05) is 13.1 Å². The molecule has 0 aliphatic carbocycles. The zero-order valence-corrected chi connectivity index (χ0v) is 15.7. The third kappa shape index (κ3) is 4.81. The van der Waals surface area contributed by atoms with Gasteiger partial charge >= 0.3 is 0 Å². The first-order chi connectivity index (χ1) is 11.9. The second-order valence-corrected chi connectivity index (χ2v) is 7.58. The SMILES string of the molecule is CCN(CC)C(=O)[C@@H](NS(=O)(=O)c1ccc(Cl)cc1)c1ccccc1. The summed E-state index contributed by atoms with van der Waals surface area (Å²) < 4.78 is 27.9. The summed E-state index contributed by atoms with van der Waals surface area (Å²) in [6, 6.07) is 13.7. The maximum absolute atomic E-state index is 12.8. The molecule has 0 saturated carbocycles. The molecule has 0 aromatic heterocycles. The number of nitrogens with one attached hydrogen (secondary N) is 1. The minimum absolute atomic E-state index is 0.0604. The van der Waals surface area contributed by atoms with Crippen molar-refractivity contribution in [3.63, 3.8) is 0 Å². The third-order valence-electron chi connectivity index (χ3n) is 3.85. The zero-order chi connectivity index (χ0) is 18.4. The number of halogens is 1. The highest BCUT2D eigenvalue weighted by molar-refractivity contribution is 7.89. The number of likely N-dealkylation sites (N-methyl/N-ethyl adjacent to an activating group) is 1. The van der Waals surface area contributed by atoms with Gasteiger partial charge in [0.1, 0.15) is 6.04 Å². The predicted octanol–water partition coefficient (Wildman–Crippen LogP) is 3.23. The van der Waals surface area contributed by atoms with Crippen LogP contribution in [0.3, 0.4) is 0 Å². The topological polar surface area (TPSA) is 66.5 Å². The van der Waals surface area contributed by atoms with Gasteiger partial charge in [0.15, 0.2) is 0 Å². The van der Waals surface area contributed by atoms with Gasteiger partial charge in [-0.15, -0.1) is 0 Å². The molecule has 7 heteroatoms. The third-order valence-corrected chi connectivity index (χ3v) is 5.54. The highest BCUT2D eigenvalue weighted by Gasteiger charge is 2.29. The average Bonchev–Trinajstić information content (AvgIpc) is 2.62. The molecule has 1 atom stereocenters. The molecule has 0 bridgehead atoms. The van der Waals surface area contributed by atoms with Crippen LogP contribution in [-0.4, -0.2) is 32.3 Å². The number of carbonyl (C=O) groups is 1. The van der Waals surface area contributed by atoms with E-state index in [2.05, 4.69) is 4.72 Å². The summed E-state index contributed by atoms with van der Waals surface area (Å²) >= 11 is 5.82. The molecule has 0 saturated heterocycles. The van der Waals surface area contributed by atoms with Crippen LogP contribution in [0.25, 0.3) is 0 Å². The Labute approximate surface area is 153 Å². The Bertz CT molecular complexity index is 804. The summed E-state index contributed by atoms with van der Waals surface area (Å²) in [5.74, 6) is -0.284. The number of hydrogen-bond donors (Lipinski definition) is 1. The van der Waals surface area contributed by atoms with Gasteiger partial charge in [-0.1, -0.05) is 41.9 Å². The fourth-order valence-electron chi connectivity index (χ4n) is 2.46. The lowest BCUT2D eigenvalue weighted by Gasteiger charge is -2.26. The standard InChI is InChI=1S/C18H21ClN2O3S/c1-3-21(4-2)18(22)17(14-8-6-5-7-9-14)20-25(23,24)16-12-10-15(19)11-13-16/h5-13,17,20H,3-4H2,1-2H3/t17-/m0/s1. The van der Waals surface area contributed by atoms with Crippen LogP contribution in [0.15, 0.2) is 59.5 Å². The van der Waals surface area contributed by atoms with E-state index in [9.17, 15) is 13.2 Å². The van der Waals surface area contributed by atoms with Crippen molar-refractivity contribution in [3.8, 4) is 0 Å². The quantitative estimate of drug-likeness (QED) is 0.801. The maximum atomic E-state index is 12.8. The fraction of sp³-hybridized carbons (Fsp3) is 0.278. The Morgan fingerprint density at radius 1 is 1.04 bits per heavy atom. The van der Waals surface area contributed by atoms with Crippen molar-refractivity contribution in [2.45, 2.75) is 24.8 Å². The molecule has 0 spiro atoms. The Morgan fingerprint density at radius 3 is 2.12 bits per heavy atom. The minimum atomic E-state index is -3.88. The van der Waals surface area contributed by atoms with Gasteiger partial charge < -0.3 is 4.90 Å². The highest BCUT2D eigenvalue weighted by Crippen LogP contribution is 2.21. The van der Waals surface area contributed by atoms with E-state index in [-0.39, 0.29) is 10.8 Å². The summed E-state index contributed by atoms with van der Waals surface area (Å²) in [7, 11) is -3.88. The number of nitrogens with zero attached hydrogens (tertiary/aromatic N) is 1. The van der Waals surface area contributed by atoms with Crippen LogP contribution in [0.4, 0.5) is 0 Å². The largest absolute Gasteiger partial charge is 0.342 e. The average molecular weight is 381 g/mol. The first kappa shape index (κ1) is 19.4. The van der Waals surface area contributed by atoms with Crippen LogP contribution < -0.4 is 4.72 Å². The molecule has 0 unspecified atom stereocenters. The second-order valence-electron chi connectivity index (χ2n) is 5.43. The van der Waals surface area contributed by atoms with Crippen molar-refractivity contribution >= 4 is 27.5 Å². The monoisotopic (exact) mass is 380 g/mol. The van der Waals surface area contributed by atoms with Gasteiger partial charge in [-0.05, 0) is 43.7 Å². The maximum Gasteiger partial charge on any atom is 0.245 e.